The third-order valence-corrected chi connectivity index (χ3v) is 1.38. The SMILES string of the molecule is Cc1ccc(N(C)CN)o1. The molecule has 0 aliphatic heterocycles. The predicted octanol–water partition coefficient (Wildman–Crippen LogP) is 0.940. The first-order chi connectivity index (χ1) is 4.74. The number of anilines is 1. The van der Waals surface area contributed by atoms with Crippen LogP contribution in [0.15, 0.2) is 16.5 Å². The molecular weight excluding hydrogens is 128 g/mol. The van der Waals surface area contributed by atoms with Crippen molar-refractivity contribution in [1.82, 2.24) is 0 Å². The number of hydrogen-bond donors (Lipinski definition) is 1. The van der Waals surface area contributed by atoms with Crippen molar-refractivity contribution in [2.75, 3.05) is 18.6 Å². The molecule has 3 heteroatoms. The molecule has 0 aromatic carbocycles. The van der Waals surface area contributed by atoms with Crippen molar-refractivity contribution in [2.24, 2.45) is 5.73 Å². The van der Waals surface area contributed by atoms with E-state index in [0.717, 1.165) is 11.6 Å². The predicted molar refractivity (Wildman–Crippen MR) is 40.9 cm³/mol. The quantitative estimate of drug-likeness (QED) is 0.622. The Hall–Kier alpha value is -0.960. The molecule has 0 spiro atoms. The normalized spacial score (nSPS) is 9.90. The van der Waals surface area contributed by atoms with E-state index >= 15 is 0 Å². The molecule has 0 atom stereocenters. The van der Waals surface area contributed by atoms with Crippen molar-refractivity contribution >= 4 is 5.88 Å². The molecule has 0 unspecified atom stereocenters. The van der Waals surface area contributed by atoms with E-state index < -0.39 is 0 Å². The van der Waals surface area contributed by atoms with Gasteiger partial charge in [0.2, 0.25) is 0 Å². The van der Waals surface area contributed by atoms with E-state index in [2.05, 4.69) is 0 Å². The molecular formula is C7H12N2O. The second-order valence-electron chi connectivity index (χ2n) is 2.26. The van der Waals surface area contributed by atoms with E-state index in [-0.39, 0.29) is 0 Å². The average molecular weight is 140 g/mol. The Morgan fingerprint density at radius 1 is 1.60 bits per heavy atom. The van der Waals surface area contributed by atoms with Crippen LogP contribution in [0.4, 0.5) is 5.88 Å². The lowest BCUT2D eigenvalue weighted by atomic mass is 10.5. The number of nitrogens with zero attached hydrogens (tertiary/aromatic N) is 1. The van der Waals surface area contributed by atoms with Gasteiger partial charge in [0.15, 0.2) is 5.88 Å². The highest BCUT2D eigenvalue weighted by atomic mass is 16.4. The largest absolute Gasteiger partial charge is 0.446 e. The Kier molecular flexibility index (Phi) is 1.97. The van der Waals surface area contributed by atoms with Crippen LogP contribution >= 0.6 is 0 Å². The maximum atomic E-state index is 5.38. The lowest BCUT2D eigenvalue weighted by molar-refractivity contribution is 0.527. The maximum Gasteiger partial charge on any atom is 0.196 e. The molecule has 56 valence electrons. The van der Waals surface area contributed by atoms with E-state index in [1.54, 1.807) is 0 Å². The summed E-state index contributed by atoms with van der Waals surface area (Å²) in [6.45, 7) is 2.39. The number of rotatable bonds is 2. The van der Waals surface area contributed by atoms with Crippen LogP contribution in [0.1, 0.15) is 5.76 Å². The molecule has 0 aliphatic rings. The number of furan rings is 1. The minimum Gasteiger partial charge on any atom is -0.446 e. The zero-order valence-electron chi connectivity index (χ0n) is 6.29. The van der Waals surface area contributed by atoms with Crippen molar-refractivity contribution in [3.05, 3.63) is 17.9 Å². The number of aryl methyl sites for hydroxylation is 1. The summed E-state index contributed by atoms with van der Waals surface area (Å²) in [6, 6.07) is 3.82. The molecule has 10 heavy (non-hydrogen) atoms. The summed E-state index contributed by atoms with van der Waals surface area (Å²) < 4.78 is 5.28. The van der Waals surface area contributed by atoms with Crippen molar-refractivity contribution in [1.29, 1.82) is 0 Å². The molecule has 0 radical (unpaired) electrons. The first-order valence-electron chi connectivity index (χ1n) is 3.21. The van der Waals surface area contributed by atoms with Crippen LogP contribution in [0.5, 0.6) is 0 Å². The van der Waals surface area contributed by atoms with E-state index in [9.17, 15) is 0 Å². The van der Waals surface area contributed by atoms with E-state index in [1.165, 1.54) is 0 Å². The maximum absolute atomic E-state index is 5.38. The number of hydrogen-bond acceptors (Lipinski definition) is 3. The van der Waals surface area contributed by atoms with Crippen LogP contribution in [0.25, 0.3) is 0 Å². The lowest BCUT2D eigenvalue weighted by Gasteiger charge is -2.11. The number of nitrogens with two attached hydrogens (primary N) is 1. The van der Waals surface area contributed by atoms with Crippen molar-refractivity contribution in [2.45, 2.75) is 6.92 Å². The standard InChI is InChI=1S/C7H12N2O/c1-6-3-4-7(10-6)9(2)5-8/h3-4H,5,8H2,1-2H3. The molecule has 0 saturated carbocycles. The Balaban J connectivity index is 2.74. The molecule has 1 heterocycles. The van der Waals surface area contributed by atoms with Gasteiger partial charge < -0.3 is 15.1 Å². The van der Waals surface area contributed by atoms with E-state index in [0.29, 0.717) is 6.67 Å². The highest BCUT2D eigenvalue weighted by molar-refractivity contribution is 5.34. The van der Waals surface area contributed by atoms with Gasteiger partial charge in [-0.15, -0.1) is 0 Å². The van der Waals surface area contributed by atoms with Crippen LogP contribution in [0.2, 0.25) is 0 Å². The summed E-state index contributed by atoms with van der Waals surface area (Å²) in [7, 11) is 1.89. The van der Waals surface area contributed by atoms with E-state index in [4.69, 9.17) is 10.2 Å². The fourth-order valence-corrected chi connectivity index (χ4v) is 0.717. The molecule has 0 aliphatic carbocycles. The molecule has 0 saturated heterocycles. The van der Waals surface area contributed by atoms with Gasteiger partial charge >= 0.3 is 0 Å². The summed E-state index contributed by atoms with van der Waals surface area (Å²) in [5, 5.41) is 0. The fourth-order valence-electron chi connectivity index (χ4n) is 0.717. The summed E-state index contributed by atoms with van der Waals surface area (Å²) in [5.41, 5.74) is 5.38. The van der Waals surface area contributed by atoms with Gasteiger partial charge in [0, 0.05) is 13.1 Å². The zero-order chi connectivity index (χ0) is 7.56. The van der Waals surface area contributed by atoms with Crippen LogP contribution in [-0.2, 0) is 0 Å². The fraction of sp³-hybridized carbons (Fsp3) is 0.429. The molecule has 1 rings (SSSR count). The zero-order valence-corrected chi connectivity index (χ0v) is 6.29. The Bertz CT molecular complexity index is 207. The van der Waals surface area contributed by atoms with Gasteiger partial charge in [0.05, 0.1) is 6.67 Å². The monoisotopic (exact) mass is 140 g/mol. The minimum atomic E-state index is 0.479. The molecule has 3 nitrogen and oxygen atoms in total. The molecule has 0 bridgehead atoms. The summed E-state index contributed by atoms with van der Waals surface area (Å²) in [6.07, 6.45) is 0. The topological polar surface area (TPSA) is 42.4 Å². The average Bonchev–Trinajstić information content (AvgIpc) is 2.34. The molecule has 1 aromatic rings. The van der Waals surface area contributed by atoms with Gasteiger partial charge in [0.1, 0.15) is 5.76 Å². The van der Waals surface area contributed by atoms with Crippen LogP contribution in [-0.4, -0.2) is 13.7 Å². The molecule has 0 amide bonds. The van der Waals surface area contributed by atoms with Gasteiger partial charge in [-0.1, -0.05) is 0 Å². The van der Waals surface area contributed by atoms with Crippen molar-refractivity contribution in [3.8, 4) is 0 Å². The van der Waals surface area contributed by atoms with Gasteiger partial charge in [-0.3, -0.25) is 0 Å². The Morgan fingerprint density at radius 2 is 2.30 bits per heavy atom. The van der Waals surface area contributed by atoms with Gasteiger partial charge in [-0.25, -0.2) is 0 Å². The van der Waals surface area contributed by atoms with Gasteiger partial charge in [0.25, 0.3) is 0 Å². The minimum absolute atomic E-state index is 0.479. The molecule has 2 N–H and O–H groups in total. The van der Waals surface area contributed by atoms with Gasteiger partial charge in [-0.2, -0.15) is 0 Å². The highest BCUT2D eigenvalue weighted by Gasteiger charge is 2.00. The molecule has 1 aromatic heterocycles. The van der Waals surface area contributed by atoms with Crippen molar-refractivity contribution < 1.29 is 4.42 Å². The lowest BCUT2D eigenvalue weighted by Crippen LogP contribution is -2.24. The first kappa shape index (κ1) is 7.15. The van der Waals surface area contributed by atoms with Crippen LogP contribution in [0.3, 0.4) is 0 Å². The third-order valence-electron chi connectivity index (χ3n) is 1.38. The second kappa shape index (κ2) is 2.75. The Labute approximate surface area is 60.4 Å². The molecule has 0 fully saturated rings. The smallest absolute Gasteiger partial charge is 0.196 e. The van der Waals surface area contributed by atoms with Crippen LogP contribution in [0, 0.1) is 6.92 Å². The first-order valence-corrected chi connectivity index (χ1v) is 3.21. The highest BCUT2D eigenvalue weighted by Crippen LogP contribution is 2.14. The van der Waals surface area contributed by atoms with E-state index in [1.807, 2.05) is 31.0 Å². The summed E-state index contributed by atoms with van der Waals surface area (Å²) in [4.78, 5) is 1.84. The second-order valence-corrected chi connectivity index (χ2v) is 2.26. The van der Waals surface area contributed by atoms with Gasteiger partial charge in [-0.05, 0) is 13.0 Å². The summed E-state index contributed by atoms with van der Waals surface area (Å²) in [5.74, 6) is 1.73. The summed E-state index contributed by atoms with van der Waals surface area (Å²) >= 11 is 0. The van der Waals surface area contributed by atoms with Crippen LogP contribution < -0.4 is 10.6 Å². The third kappa shape index (κ3) is 1.30. The van der Waals surface area contributed by atoms with Crippen molar-refractivity contribution in [3.63, 3.8) is 0 Å². The Morgan fingerprint density at radius 3 is 2.70 bits per heavy atom.